The highest BCUT2D eigenvalue weighted by Gasteiger charge is 2.28. The summed E-state index contributed by atoms with van der Waals surface area (Å²) in [6, 6.07) is 9.40. The highest BCUT2D eigenvalue weighted by Crippen LogP contribution is 2.34. The molecule has 3 aliphatic rings. The van der Waals surface area contributed by atoms with E-state index >= 15 is 0 Å². The van der Waals surface area contributed by atoms with Crippen molar-refractivity contribution in [2.75, 3.05) is 31.5 Å². The third kappa shape index (κ3) is 5.95. The fourth-order valence-corrected chi connectivity index (χ4v) is 5.89. The van der Waals surface area contributed by atoms with Gasteiger partial charge in [0.25, 0.3) is 0 Å². The van der Waals surface area contributed by atoms with Crippen molar-refractivity contribution in [1.29, 1.82) is 0 Å². The molecule has 4 rings (SSSR count). The van der Waals surface area contributed by atoms with Crippen molar-refractivity contribution in [3.63, 3.8) is 0 Å². The van der Waals surface area contributed by atoms with Crippen LogP contribution in [0.25, 0.3) is 20.8 Å². The number of piperazine rings is 1. The van der Waals surface area contributed by atoms with E-state index in [-0.39, 0.29) is 6.09 Å². The summed E-state index contributed by atoms with van der Waals surface area (Å²) in [5.41, 5.74) is 5.24. The predicted molar refractivity (Wildman–Crippen MR) is 147 cm³/mol. The molecule has 6 nitrogen and oxygen atoms in total. The van der Waals surface area contributed by atoms with E-state index in [2.05, 4.69) is 61.9 Å². The van der Waals surface area contributed by atoms with E-state index in [1.54, 1.807) is 0 Å². The van der Waals surface area contributed by atoms with Gasteiger partial charge in [0.05, 0.1) is 33.9 Å². The maximum absolute atomic E-state index is 12.4. The van der Waals surface area contributed by atoms with Gasteiger partial charge in [-0.05, 0) is 71.2 Å². The minimum Gasteiger partial charge on any atom is -0.444 e. The lowest BCUT2D eigenvalue weighted by molar-refractivity contribution is 0.0218. The Hall–Kier alpha value is -2.67. The van der Waals surface area contributed by atoms with Crippen molar-refractivity contribution in [2.45, 2.75) is 73.0 Å². The minimum atomic E-state index is -0.470. The maximum Gasteiger partial charge on any atom is 0.410 e. The number of hydrogen-bond acceptors (Lipinski definition) is 5. The van der Waals surface area contributed by atoms with Crippen LogP contribution in [0.2, 0.25) is 0 Å². The minimum absolute atomic E-state index is 0.224. The number of carbonyl (C=O) groups excluding carboxylic acids is 1. The van der Waals surface area contributed by atoms with Gasteiger partial charge in [-0.15, -0.1) is 11.3 Å². The molecule has 1 atom stereocenters. The van der Waals surface area contributed by atoms with Gasteiger partial charge in [0.1, 0.15) is 5.60 Å². The Morgan fingerprint density at radius 3 is 2.54 bits per heavy atom. The smallest absolute Gasteiger partial charge is 0.410 e. The van der Waals surface area contributed by atoms with Crippen LogP contribution in [0.3, 0.4) is 0 Å². The molecule has 1 saturated heterocycles. The zero-order valence-electron chi connectivity index (χ0n) is 22.2. The molecule has 0 bridgehead atoms. The predicted octanol–water partition coefficient (Wildman–Crippen LogP) is 5.64. The molecule has 0 aromatic heterocycles. The number of hydrogen-bond donors (Lipinski definition) is 1. The SMILES string of the molecule is CCCC(C)Nc1cc(C)c2nc3c(C)cc(=[N+]4CCN(C(=O)OC(C)(C)C)CC4)cc-3sc2c1. The molecule has 35 heavy (non-hydrogen) atoms. The Kier molecular flexibility index (Phi) is 7.36. The second-order valence-electron chi connectivity index (χ2n) is 10.8. The number of fused-ring (bicyclic) bond motifs is 2. The molecule has 1 aromatic carbocycles. The standard InChI is InChI=1S/C28H38N4O2S/c1-8-9-20(4)29-21-14-18(2)25-23(16-21)35-24-17-22(15-19(3)26(24)30-25)31-10-12-32(13-11-31)27(33)34-28(5,6)7/h14-17,20H,8-13H2,1-7H3/p+1. The summed E-state index contributed by atoms with van der Waals surface area (Å²) in [6.45, 7) is 17.4. The second kappa shape index (κ2) is 10.1. The molecule has 1 aliphatic carbocycles. The lowest BCUT2D eigenvalue weighted by atomic mass is 10.1. The number of carbonyl (C=O) groups is 1. The van der Waals surface area contributed by atoms with Crippen molar-refractivity contribution < 1.29 is 9.53 Å². The summed E-state index contributed by atoms with van der Waals surface area (Å²) in [7, 11) is 0. The summed E-state index contributed by atoms with van der Waals surface area (Å²) in [5.74, 6) is 0. The zero-order valence-corrected chi connectivity index (χ0v) is 23.0. The summed E-state index contributed by atoms with van der Waals surface area (Å²) in [6.07, 6.45) is 2.10. The van der Waals surface area contributed by atoms with Crippen LogP contribution in [0.5, 0.6) is 0 Å². The number of benzene rings is 2. The van der Waals surface area contributed by atoms with Gasteiger partial charge < -0.3 is 10.1 Å². The average molecular weight is 496 g/mol. The van der Waals surface area contributed by atoms with E-state index in [0.29, 0.717) is 19.1 Å². The van der Waals surface area contributed by atoms with Crippen molar-refractivity contribution >= 4 is 33.3 Å². The van der Waals surface area contributed by atoms with Crippen LogP contribution in [0, 0.1) is 13.8 Å². The molecule has 1 N–H and O–H groups in total. The van der Waals surface area contributed by atoms with Crippen LogP contribution in [0.1, 0.15) is 58.6 Å². The van der Waals surface area contributed by atoms with Gasteiger partial charge in [0.2, 0.25) is 5.36 Å². The van der Waals surface area contributed by atoms with E-state index in [9.17, 15) is 4.79 Å². The Labute approximate surface area is 213 Å². The van der Waals surface area contributed by atoms with Gasteiger partial charge in [-0.25, -0.2) is 14.4 Å². The molecule has 0 saturated carbocycles. The first kappa shape index (κ1) is 25.4. The van der Waals surface area contributed by atoms with Crippen LogP contribution in [-0.2, 0) is 4.74 Å². The van der Waals surface area contributed by atoms with Crippen molar-refractivity contribution in [2.24, 2.45) is 0 Å². The Morgan fingerprint density at radius 1 is 1.17 bits per heavy atom. The van der Waals surface area contributed by atoms with E-state index in [0.717, 1.165) is 30.7 Å². The molecular weight excluding hydrogens is 456 g/mol. The second-order valence-corrected chi connectivity index (χ2v) is 11.8. The number of rotatable bonds is 4. The van der Waals surface area contributed by atoms with Gasteiger partial charge in [-0.1, -0.05) is 13.3 Å². The average Bonchev–Trinajstić information content (AvgIpc) is 2.77. The zero-order chi connectivity index (χ0) is 25.3. The largest absolute Gasteiger partial charge is 0.444 e. The van der Waals surface area contributed by atoms with Gasteiger partial charge in [-0.3, -0.25) is 4.90 Å². The third-order valence-corrected chi connectivity index (χ3v) is 7.45. The quantitative estimate of drug-likeness (QED) is 0.376. The number of aryl methyl sites for hydroxylation is 2. The van der Waals surface area contributed by atoms with Crippen LogP contribution in [-0.4, -0.2) is 53.8 Å². The molecule has 1 fully saturated rings. The molecule has 2 heterocycles. The first-order valence-corrected chi connectivity index (χ1v) is 13.5. The number of amides is 1. The molecule has 1 unspecified atom stereocenters. The molecule has 7 heteroatoms. The van der Waals surface area contributed by atoms with Crippen molar-refractivity contribution in [3.8, 4) is 10.6 Å². The monoisotopic (exact) mass is 495 g/mol. The van der Waals surface area contributed by atoms with E-state index in [1.807, 2.05) is 37.0 Å². The van der Waals surface area contributed by atoms with Crippen molar-refractivity contribution in [3.05, 3.63) is 40.7 Å². The normalized spacial score (nSPS) is 15.5. The summed E-state index contributed by atoms with van der Waals surface area (Å²) in [5, 5.41) is 4.85. The van der Waals surface area contributed by atoms with Gasteiger partial charge in [0, 0.05) is 23.9 Å². The molecule has 1 aromatic rings. The third-order valence-electron chi connectivity index (χ3n) is 6.39. The van der Waals surface area contributed by atoms with Crippen LogP contribution < -0.4 is 15.2 Å². The van der Waals surface area contributed by atoms with E-state index in [1.165, 1.54) is 38.2 Å². The molecule has 0 spiro atoms. The molecule has 1 amide bonds. The molecule has 2 aliphatic heterocycles. The number of ether oxygens (including phenoxy) is 1. The maximum atomic E-state index is 12.4. The van der Waals surface area contributed by atoms with E-state index < -0.39 is 5.60 Å². The highest BCUT2D eigenvalue weighted by molar-refractivity contribution is 7.21. The molecule has 188 valence electrons. The first-order chi connectivity index (χ1) is 16.5. The highest BCUT2D eigenvalue weighted by atomic mass is 32.1. The Balaban J connectivity index is 1.66. The van der Waals surface area contributed by atoms with Crippen LogP contribution in [0.4, 0.5) is 10.5 Å². The van der Waals surface area contributed by atoms with Crippen molar-refractivity contribution in [1.82, 2.24) is 14.5 Å². The summed E-state index contributed by atoms with van der Waals surface area (Å²) >= 11 is 1.81. The fourth-order valence-electron chi connectivity index (χ4n) is 4.68. The number of nitrogens with one attached hydrogen (secondary N) is 1. The lowest BCUT2D eigenvalue weighted by Crippen LogP contribution is -2.51. The lowest BCUT2D eigenvalue weighted by Gasteiger charge is -2.28. The summed E-state index contributed by atoms with van der Waals surface area (Å²) in [4.78, 5) is 20.5. The Bertz CT molecular complexity index is 1260. The van der Waals surface area contributed by atoms with Crippen LogP contribution in [0.15, 0.2) is 24.3 Å². The fraction of sp³-hybridized carbons (Fsp3) is 0.536. The van der Waals surface area contributed by atoms with E-state index in [4.69, 9.17) is 9.72 Å². The topological polar surface area (TPSA) is 57.5 Å². The molecular formula is C28H39N4O2S+. The summed E-state index contributed by atoms with van der Waals surface area (Å²) < 4.78 is 9.11. The first-order valence-electron chi connectivity index (χ1n) is 12.7. The number of aromatic nitrogens is 1. The molecule has 0 radical (unpaired) electrons. The Morgan fingerprint density at radius 2 is 1.89 bits per heavy atom. The van der Waals surface area contributed by atoms with Gasteiger partial charge >= 0.3 is 6.09 Å². The van der Waals surface area contributed by atoms with Crippen LogP contribution >= 0.6 is 11.3 Å². The number of anilines is 1. The number of nitrogens with zero attached hydrogens (tertiary/aromatic N) is 3. The van der Waals surface area contributed by atoms with Gasteiger partial charge in [-0.2, -0.15) is 0 Å². The van der Waals surface area contributed by atoms with Gasteiger partial charge in [0.15, 0.2) is 13.1 Å².